The highest BCUT2D eigenvalue weighted by Crippen LogP contribution is 2.17. The van der Waals surface area contributed by atoms with Crippen LogP contribution in [0.3, 0.4) is 0 Å². The van der Waals surface area contributed by atoms with Crippen LogP contribution in [0.1, 0.15) is 18.1 Å². The van der Waals surface area contributed by atoms with Gasteiger partial charge in [-0.2, -0.15) is 0 Å². The molecule has 0 fully saturated rings. The molecule has 1 rings (SSSR count). The van der Waals surface area contributed by atoms with Crippen molar-refractivity contribution in [2.75, 3.05) is 0 Å². The lowest BCUT2D eigenvalue weighted by molar-refractivity contribution is 0.265. The van der Waals surface area contributed by atoms with Gasteiger partial charge in [0.15, 0.2) is 11.9 Å². The summed E-state index contributed by atoms with van der Waals surface area (Å²) in [5.74, 6) is 0.783. The van der Waals surface area contributed by atoms with Gasteiger partial charge in [0.25, 0.3) is 0 Å². The second-order valence-electron chi connectivity index (χ2n) is 3.53. The third kappa shape index (κ3) is 2.87. The van der Waals surface area contributed by atoms with Gasteiger partial charge in [-0.05, 0) is 44.0 Å². The predicted molar refractivity (Wildman–Crippen MR) is 59.4 cm³/mol. The Balaban J connectivity index is 2.77. The SMILES string of the molecule is Cc1ccc(OC(C)C(N)=NO)cc1C. The average Bonchev–Trinajstić information content (AvgIpc) is 2.22. The molecule has 1 unspecified atom stereocenters. The summed E-state index contributed by atoms with van der Waals surface area (Å²) in [6, 6.07) is 5.77. The van der Waals surface area contributed by atoms with E-state index in [2.05, 4.69) is 5.16 Å². The standard InChI is InChI=1S/C11H16N2O2/c1-7-4-5-10(6-8(7)2)15-9(3)11(12)13-14/h4-6,9,14H,1-3H3,(H2,12,13). The van der Waals surface area contributed by atoms with Crippen LogP contribution in [0.2, 0.25) is 0 Å². The minimum Gasteiger partial charge on any atom is -0.483 e. The Morgan fingerprint density at radius 3 is 2.60 bits per heavy atom. The first-order chi connectivity index (χ1) is 7.04. The first kappa shape index (κ1) is 11.4. The fourth-order valence-corrected chi connectivity index (χ4v) is 1.13. The Hall–Kier alpha value is -1.71. The molecular formula is C11H16N2O2. The van der Waals surface area contributed by atoms with Crippen LogP contribution in [-0.4, -0.2) is 17.1 Å². The Kier molecular flexibility index (Phi) is 3.55. The van der Waals surface area contributed by atoms with Gasteiger partial charge < -0.3 is 15.7 Å². The largest absolute Gasteiger partial charge is 0.483 e. The number of hydrogen-bond acceptors (Lipinski definition) is 3. The monoisotopic (exact) mass is 208 g/mol. The molecule has 0 saturated carbocycles. The summed E-state index contributed by atoms with van der Waals surface area (Å²) in [7, 11) is 0. The molecule has 0 heterocycles. The Bertz CT molecular complexity index is 375. The molecule has 4 nitrogen and oxygen atoms in total. The zero-order chi connectivity index (χ0) is 11.4. The van der Waals surface area contributed by atoms with Gasteiger partial charge in [-0.15, -0.1) is 0 Å². The summed E-state index contributed by atoms with van der Waals surface area (Å²) in [6.07, 6.45) is -0.433. The van der Waals surface area contributed by atoms with Crippen LogP contribution in [-0.2, 0) is 0 Å². The topological polar surface area (TPSA) is 67.8 Å². The summed E-state index contributed by atoms with van der Waals surface area (Å²) >= 11 is 0. The van der Waals surface area contributed by atoms with Crippen LogP contribution < -0.4 is 10.5 Å². The van der Waals surface area contributed by atoms with E-state index in [0.29, 0.717) is 0 Å². The van der Waals surface area contributed by atoms with E-state index < -0.39 is 6.10 Å². The molecule has 0 aliphatic heterocycles. The van der Waals surface area contributed by atoms with Crippen LogP contribution in [0.5, 0.6) is 5.75 Å². The lowest BCUT2D eigenvalue weighted by atomic mass is 10.1. The normalized spacial score (nSPS) is 13.7. The molecule has 1 aromatic rings. The lowest BCUT2D eigenvalue weighted by Crippen LogP contribution is -2.31. The second kappa shape index (κ2) is 4.68. The third-order valence-corrected chi connectivity index (χ3v) is 2.32. The quantitative estimate of drug-likeness (QED) is 0.344. The van der Waals surface area contributed by atoms with Crippen molar-refractivity contribution in [3.05, 3.63) is 29.3 Å². The van der Waals surface area contributed by atoms with E-state index >= 15 is 0 Å². The molecule has 0 aliphatic rings. The second-order valence-corrected chi connectivity index (χ2v) is 3.53. The van der Waals surface area contributed by atoms with Crippen LogP contribution in [0.25, 0.3) is 0 Å². The number of nitrogens with two attached hydrogens (primary N) is 1. The molecular weight excluding hydrogens is 192 g/mol. The van der Waals surface area contributed by atoms with Gasteiger partial charge in [0.2, 0.25) is 0 Å². The van der Waals surface area contributed by atoms with E-state index in [1.165, 1.54) is 5.56 Å². The van der Waals surface area contributed by atoms with Crippen molar-refractivity contribution < 1.29 is 9.94 Å². The number of aryl methyl sites for hydroxylation is 2. The van der Waals surface area contributed by atoms with Crippen molar-refractivity contribution in [2.45, 2.75) is 26.9 Å². The smallest absolute Gasteiger partial charge is 0.180 e. The van der Waals surface area contributed by atoms with Gasteiger partial charge in [-0.3, -0.25) is 0 Å². The molecule has 0 radical (unpaired) electrons. The van der Waals surface area contributed by atoms with Gasteiger partial charge in [-0.1, -0.05) is 11.2 Å². The van der Waals surface area contributed by atoms with E-state index in [-0.39, 0.29) is 5.84 Å². The minimum atomic E-state index is -0.433. The van der Waals surface area contributed by atoms with Crippen molar-refractivity contribution in [1.82, 2.24) is 0 Å². The van der Waals surface area contributed by atoms with E-state index in [1.807, 2.05) is 32.0 Å². The van der Waals surface area contributed by atoms with Gasteiger partial charge in [0, 0.05) is 0 Å². The number of oxime groups is 1. The summed E-state index contributed by atoms with van der Waals surface area (Å²) in [4.78, 5) is 0. The van der Waals surface area contributed by atoms with Crippen molar-refractivity contribution in [1.29, 1.82) is 0 Å². The molecule has 82 valence electrons. The van der Waals surface area contributed by atoms with Crippen LogP contribution >= 0.6 is 0 Å². The van der Waals surface area contributed by atoms with Gasteiger partial charge in [-0.25, -0.2) is 0 Å². The summed E-state index contributed by atoms with van der Waals surface area (Å²) < 4.78 is 5.49. The van der Waals surface area contributed by atoms with Gasteiger partial charge in [0.1, 0.15) is 5.75 Å². The highest BCUT2D eigenvalue weighted by atomic mass is 16.5. The highest BCUT2D eigenvalue weighted by molar-refractivity contribution is 5.84. The molecule has 0 saturated heterocycles. The van der Waals surface area contributed by atoms with Gasteiger partial charge >= 0.3 is 0 Å². The van der Waals surface area contributed by atoms with Crippen molar-refractivity contribution in [2.24, 2.45) is 10.9 Å². The molecule has 0 amide bonds. The predicted octanol–water partition coefficient (Wildman–Crippen LogP) is 1.82. The fourth-order valence-electron chi connectivity index (χ4n) is 1.13. The molecule has 1 aromatic carbocycles. The van der Waals surface area contributed by atoms with Crippen molar-refractivity contribution in [3.8, 4) is 5.75 Å². The van der Waals surface area contributed by atoms with Crippen molar-refractivity contribution in [3.63, 3.8) is 0 Å². The first-order valence-corrected chi connectivity index (χ1v) is 4.76. The summed E-state index contributed by atoms with van der Waals surface area (Å²) in [5, 5.41) is 11.4. The molecule has 0 aromatic heterocycles. The maximum atomic E-state index is 8.46. The van der Waals surface area contributed by atoms with Crippen LogP contribution in [0, 0.1) is 13.8 Å². The Morgan fingerprint density at radius 2 is 2.07 bits per heavy atom. The number of benzene rings is 1. The molecule has 1 atom stereocenters. The van der Waals surface area contributed by atoms with Crippen LogP contribution in [0.4, 0.5) is 0 Å². The van der Waals surface area contributed by atoms with E-state index in [0.717, 1.165) is 11.3 Å². The lowest BCUT2D eigenvalue weighted by Gasteiger charge is -2.13. The maximum absolute atomic E-state index is 8.46. The molecule has 3 N–H and O–H groups in total. The highest BCUT2D eigenvalue weighted by Gasteiger charge is 2.09. The van der Waals surface area contributed by atoms with Crippen LogP contribution in [0.15, 0.2) is 23.4 Å². The van der Waals surface area contributed by atoms with E-state index in [9.17, 15) is 0 Å². The van der Waals surface area contributed by atoms with E-state index in [4.69, 9.17) is 15.7 Å². The molecule has 0 spiro atoms. The van der Waals surface area contributed by atoms with Gasteiger partial charge in [0.05, 0.1) is 0 Å². The molecule has 0 aliphatic carbocycles. The summed E-state index contributed by atoms with van der Waals surface area (Å²) in [5.41, 5.74) is 7.77. The number of ether oxygens (including phenoxy) is 1. The Morgan fingerprint density at radius 1 is 1.40 bits per heavy atom. The molecule has 15 heavy (non-hydrogen) atoms. The minimum absolute atomic E-state index is 0.0632. The Labute approximate surface area is 89.4 Å². The first-order valence-electron chi connectivity index (χ1n) is 4.76. The molecule has 0 bridgehead atoms. The zero-order valence-corrected chi connectivity index (χ0v) is 9.19. The van der Waals surface area contributed by atoms with Crippen molar-refractivity contribution >= 4 is 5.84 Å². The number of hydrogen-bond donors (Lipinski definition) is 2. The summed E-state index contributed by atoms with van der Waals surface area (Å²) in [6.45, 7) is 5.77. The third-order valence-electron chi connectivity index (χ3n) is 2.32. The molecule has 4 heteroatoms. The number of rotatable bonds is 3. The maximum Gasteiger partial charge on any atom is 0.180 e. The zero-order valence-electron chi connectivity index (χ0n) is 9.19. The number of nitrogens with zero attached hydrogens (tertiary/aromatic N) is 1. The average molecular weight is 208 g/mol. The number of amidine groups is 1. The van der Waals surface area contributed by atoms with E-state index in [1.54, 1.807) is 6.92 Å². The fraction of sp³-hybridized carbons (Fsp3) is 0.364.